The van der Waals surface area contributed by atoms with E-state index in [1.54, 1.807) is 0 Å². The van der Waals surface area contributed by atoms with Crippen molar-refractivity contribution < 1.29 is 4.74 Å². The summed E-state index contributed by atoms with van der Waals surface area (Å²) < 4.78 is 5.23. The molecule has 0 spiro atoms. The zero-order chi connectivity index (χ0) is 12.4. The summed E-state index contributed by atoms with van der Waals surface area (Å²) in [5.41, 5.74) is 9.21. The average Bonchev–Trinajstić information content (AvgIpc) is 2.84. The summed E-state index contributed by atoms with van der Waals surface area (Å²) in [7, 11) is 0. The van der Waals surface area contributed by atoms with E-state index in [1.165, 1.54) is 36.8 Å². The third-order valence-corrected chi connectivity index (χ3v) is 4.75. The fourth-order valence-electron chi connectivity index (χ4n) is 3.39. The van der Waals surface area contributed by atoms with E-state index >= 15 is 0 Å². The highest BCUT2D eigenvalue weighted by atomic mass is 16.5. The van der Waals surface area contributed by atoms with Gasteiger partial charge in [-0.15, -0.1) is 0 Å². The summed E-state index contributed by atoms with van der Waals surface area (Å²) in [5.74, 6) is 0.741. The van der Waals surface area contributed by atoms with Gasteiger partial charge in [0, 0.05) is 17.9 Å². The topological polar surface area (TPSA) is 35.2 Å². The number of benzene rings is 1. The van der Waals surface area contributed by atoms with Gasteiger partial charge in [0.25, 0.3) is 0 Å². The Balaban J connectivity index is 1.73. The van der Waals surface area contributed by atoms with Gasteiger partial charge in [0.2, 0.25) is 0 Å². The Bertz CT molecular complexity index is 388. The van der Waals surface area contributed by atoms with Gasteiger partial charge in [-0.05, 0) is 30.4 Å². The van der Waals surface area contributed by atoms with Crippen molar-refractivity contribution in [2.45, 2.75) is 37.5 Å². The van der Waals surface area contributed by atoms with E-state index in [0.717, 1.165) is 32.1 Å². The molecule has 0 aromatic heterocycles. The van der Waals surface area contributed by atoms with Crippen molar-refractivity contribution >= 4 is 0 Å². The Morgan fingerprint density at radius 3 is 2.28 bits per heavy atom. The van der Waals surface area contributed by atoms with Gasteiger partial charge in [-0.25, -0.2) is 0 Å². The van der Waals surface area contributed by atoms with Gasteiger partial charge in [-0.2, -0.15) is 0 Å². The highest BCUT2D eigenvalue weighted by molar-refractivity contribution is 5.31. The van der Waals surface area contributed by atoms with Crippen LogP contribution in [0.1, 0.15) is 36.8 Å². The van der Waals surface area contributed by atoms with Crippen LogP contribution in [0.4, 0.5) is 0 Å². The number of hydrogen-bond donors (Lipinski definition) is 1. The molecule has 2 fully saturated rings. The predicted octanol–water partition coefficient (Wildman–Crippen LogP) is 2.65. The summed E-state index contributed by atoms with van der Waals surface area (Å²) >= 11 is 0. The first-order chi connectivity index (χ1) is 8.82. The number of rotatable bonds is 4. The van der Waals surface area contributed by atoms with Crippen LogP contribution in [0, 0.1) is 5.92 Å². The lowest BCUT2D eigenvalue weighted by Gasteiger charge is -2.29. The SMILES string of the molecule is NCC1(c2ccc(CC3COC3)cc2)CCCC1. The van der Waals surface area contributed by atoms with Crippen molar-refractivity contribution in [3.63, 3.8) is 0 Å². The Hall–Kier alpha value is -0.860. The van der Waals surface area contributed by atoms with Gasteiger partial charge in [0.1, 0.15) is 0 Å². The molecule has 2 N–H and O–H groups in total. The molecule has 1 aliphatic heterocycles. The second-order valence-electron chi connectivity index (χ2n) is 6.00. The van der Waals surface area contributed by atoms with E-state index < -0.39 is 0 Å². The average molecular weight is 245 g/mol. The molecule has 1 aliphatic carbocycles. The van der Waals surface area contributed by atoms with Crippen LogP contribution in [0.15, 0.2) is 24.3 Å². The molecule has 0 unspecified atom stereocenters. The van der Waals surface area contributed by atoms with Crippen molar-refractivity contribution in [3.8, 4) is 0 Å². The fraction of sp³-hybridized carbons (Fsp3) is 0.625. The number of nitrogens with two attached hydrogens (primary N) is 1. The van der Waals surface area contributed by atoms with Crippen LogP contribution in [0.3, 0.4) is 0 Å². The van der Waals surface area contributed by atoms with E-state index in [2.05, 4.69) is 24.3 Å². The molecule has 0 amide bonds. The van der Waals surface area contributed by atoms with Crippen LogP contribution in [0.2, 0.25) is 0 Å². The molecule has 3 rings (SSSR count). The van der Waals surface area contributed by atoms with Gasteiger partial charge < -0.3 is 10.5 Å². The van der Waals surface area contributed by atoms with Crippen molar-refractivity contribution in [3.05, 3.63) is 35.4 Å². The molecule has 1 saturated heterocycles. The molecular weight excluding hydrogens is 222 g/mol. The molecule has 1 saturated carbocycles. The van der Waals surface area contributed by atoms with E-state index in [4.69, 9.17) is 10.5 Å². The Morgan fingerprint density at radius 1 is 1.11 bits per heavy atom. The van der Waals surface area contributed by atoms with E-state index in [9.17, 15) is 0 Å². The second-order valence-corrected chi connectivity index (χ2v) is 6.00. The second kappa shape index (κ2) is 5.02. The maximum atomic E-state index is 6.03. The minimum atomic E-state index is 0.276. The summed E-state index contributed by atoms with van der Waals surface area (Å²) in [6.45, 7) is 2.67. The molecule has 2 aliphatic rings. The lowest BCUT2D eigenvalue weighted by molar-refractivity contribution is -0.0312. The minimum Gasteiger partial charge on any atom is -0.381 e. The summed E-state index contributed by atoms with van der Waals surface area (Å²) in [5, 5.41) is 0. The highest BCUT2D eigenvalue weighted by Gasteiger charge is 2.34. The molecule has 18 heavy (non-hydrogen) atoms. The van der Waals surface area contributed by atoms with Crippen molar-refractivity contribution in [1.82, 2.24) is 0 Å². The van der Waals surface area contributed by atoms with Gasteiger partial charge >= 0.3 is 0 Å². The van der Waals surface area contributed by atoms with Crippen molar-refractivity contribution in [1.29, 1.82) is 0 Å². The van der Waals surface area contributed by atoms with Crippen LogP contribution in [-0.2, 0) is 16.6 Å². The smallest absolute Gasteiger partial charge is 0.0519 e. The van der Waals surface area contributed by atoms with Crippen LogP contribution < -0.4 is 5.73 Å². The first-order valence-electron chi connectivity index (χ1n) is 7.20. The van der Waals surface area contributed by atoms with Gasteiger partial charge in [-0.3, -0.25) is 0 Å². The van der Waals surface area contributed by atoms with Crippen molar-refractivity contribution in [2.75, 3.05) is 19.8 Å². The minimum absolute atomic E-state index is 0.276. The summed E-state index contributed by atoms with van der Waals surface area (Å²) in [6.07, 6.45) is 6.35. The van der Waals surface area contributed by atoms with Gasteiger partial charge in [0.05, 0.1) is 13.2 Å². The number of ether oxygens (including phenoxy) is 1. The molecule has 0 radical (unpaired) electrons. The first kappa shape index (κ1) is 12.2. The Morgan fingerprint density at radius 2 is 1.78 bits per heavy atom. The summed E-state index contributed by atoms with van der Waals surface area (Å²) in [6, 6.07) is 9.22. The largest absolute Gasteiger partial charge is 0.381 e. The van der Waals surface area contributed by atoms with E-state index in [-0.39, 0.29) is 5.41 Å². The molecule has 1 aromatic carbocycles. The lowest BCUT2D eigenvalue weighted by Crippen LogP contribution is -2.32. The molecule has 2 nitrogen and oxygen atoms in total. The zero-order valence-corrected chi connectivity index (χ0v) is 11.0. The molecule has 1 heterocycles. The van der Waals surface area contributed by atoms with Crippen LogP contribution in [0.25, 0.3) is 0 Å². The number of hydrogen-bond acceptors (Lipinski definition) is 2. The Kier molecular flexibility index (Phi) is 3.40. The van der Waals surface area contributed by atoms with Crippen LogP contribution >= 0.6 is 0 Å². The molecular formula is C16H23NO. The van der Waals surface area contributed by atoms with Crippen LogP contribution in [-0.4, -0.2) is 19.8 Å². The highest BCUT2D eigenvalue weighted by Crippen LogP contribution is 2.40. The molecule has 0 bridgehead atoms. The maximum absolute atomic E-state index is 6.03. The monoisotopic (exact) mass is 245 g/mol. The quantitative estimate of drug-likeness (QED) is 0.885. The van der Waals surface area contributed by atoms with E-state index in [0.29, 0.717) is 0 Å². The lowest BCUT2D eigenvalue weighted by atomic mass is 9.78. The molecule has 98 valence electrons. The van der Waals surface area contributed by atoms with Crippen molar-refractivity contribution in [2.24, 2.45) is 11.7 Å². The Labute approximate surface area is 110 Å². The van der Waals surface area contributed by atoms with Gasteiger partial charge in [-0.1, -0.05) is 37.1 Å². The third kappa shape index (κ3) is 2.19. The van der Waals surface area contributed by atoms with Crippen LogP contribution in [0.5, 0.6) is 0 Å². The first-order valence-corrected chi connectivity index (χ1v) is 7.20. The standard InChI is InChI=1S/C16H23NO/c17-12-16(7-1-2-8-16)15-5-3-13(4-6-15)9-14-10-18-11-14/h3-6,14H,1-2,7-12,17H2. The predicted molar refractivity (Wildman–Crippen MR) is 73.7 cm³/mol. The molecule has 1 aromatic rings. The van der Waals surface area contributed by atoms with E-state index in [1.807, 2.05) is 0 Å². The van der Waals surface area contributed by atoms with Gasteiger partial charge in [0.15, 0.2) is 0 Å². The third-order valence-electron chi connectivity index (χ3n) is 4.75. The molecule has 2 heteroatoms. The zero-order valence-electron chi connectivity index (χ0n) is 11.0. The fourth-order valence-corrected chi connectivity index (χ4v) is 3.39. The normalized spacial score (nSPS) is 22.9. The summed E-state index contributed by atoms with van der Waals surface area (Å²) in [4.78, 5) is 0. The molecule has 0 atom stereocenters. The maximum Gasteiger partial charge on any atom is 0.0519 e.